The molecule has 7 rings (SSSR count). The summed E-state index contributed by atoms with van der Waals surface area (Å²) < 4.78 is 15.6. The molecule has 0 saturated heterocycles. The molecule has 0 aliphatic heterocycles. The molecular formula is C24H23FN6O2. The Hall–Kier alpha value is -3.75. The van der Waals surface area contributed by atoms with Crippen molar-refractivity contribution in [3.8, 4) is 11.4 Å². The second kappa shape index (κ2) is 7.40. The van der Waals surface area contributed by atoms with Crippen LogP contribution >= 0.6 is 0 Å². The van der Waals surface area contributed by atoms with Gasteiger partial charge < -0.3 is 15.4 Å². The Morgan fingerprint density at radius 1 is 1.27 bits per heavy atom. The van der Waals surface area contributed by atoms with Crippen molar-refractivity contribution < 1.29 is 14.3 Å². The zero-order chi connectivity index (χ0) is 22.7. The number of nitrogens with one attached hydrogen (secondary N) is 2. The number of nitrogens with zero attached hydrogens (tertiary/aromatic N) is 4. The van der Waals surface area contributed by atoms with E-state index in [0.29, 0.717) is 28.2 Å². The standard InChI is InChI=1S/C24H23FN6O2/c1-2-12-7-18-23(28-20-14-5-3-13(4-6-14)19(20)24(32)33)29-22(30-31(18)11-12)17-10-27-21-16(17)8-15(25)9-26-21/h2,7-11,13-14,19-20H,1,3-6H2,(H,26,27)(H,32,33)(H,28,29,30)/t13?,14?,19-,20-/m1/s1. The highest BCUT2D eigenvalue weighted by atomic mass is 19.1. The number of rotatable bonds is 5. The SMILES string of the molecule is C=Cc1cc2c(N[C@@H]3C4CCC(CC4)[C@H]3C(=O)O)nc(-c3c[nH]c4ncc(F)cc34)nn2c1. The van der Waals surface area contributed by atoms with E-state index in [1.807, 2.05) is 12.3 Å². The van der Waals surface area contributed by atoms with E-state index < -0.39 is 17.7 Å². The van der Waals surface area contributed by atoms with Crippen molar-refractivity contribution in [3.63, 3.8) is 0 Å². The molecule has 4 heterocycles. The first-order valence-electron chi connectivity index (χ1n) is 11.2. The van der Waals surface area contributed by atoms with Gasteiger partial charge in [-0.1, -0.05) is 12.7 Å². The second-order valence-electron chi connectivity index (χ2n) is 9.05. The van der Waals surface area contributed by atoms with Crippen LogP contribution in [0.5, 0.6) is 0 Å². The highest BCUT2D eigenvalue weighted by molar-refractivity contribution is 5.92. The van der Waals surface area contributed by atoms with Crippen molar-refractivity contribution in [1.82, 2.24) is 24.6 Å². The molecule has 0 amide bonds. The molecule has 33 heavy (non-hydrogen) atoms. The van der Waals surface area contributed by atoms with Gasteiger partial charge in [-0.2, -0.15) is 0 Å². The average molecular weight is 446 g/mol. The first kappa shape index (κ1) is 19.9. The normalized spacial score (nSPS) is 24.4. The van der Waals surface area contributed by atoms with Gasteiger partial charge in [-0.15, -0.1) is 5.10 Å². The summed E-state index contributed by atoms with van der Waals surface area (Å²) in [5.41, 5.74) is 2.77. The molecule has 2 atom stereocenters. The lowest BCUT2D eigenvalue weighted by Gasteiger charge is -2.47. The van der Waals surface area contributed by atoms with E-state index in [1.54, 1.807) is 16.8 Å². The highest BCUT2D eigenvalue weighted by Crippen LogP contribution is 2.46. The van der Waals surface area contributed by atoms with Crippen LogP contribution in [-0.2, 0) is 4.79 Å². The van der Waals surface area contributed by atoms with Gasteiger partial charge in [0, 0.05) is 29.4 Å². The molecule has 2 bridgehead atoms. The summed E-state index contributed by atoms with van der Waals surface area (Å²) >= 11 is 0. The van der Waals surface area contributed by atoms with Crippen LogP contribution in [0.4, 0.5) is 10.2 Å². The van der Waals surface area contributed by atoms with Crippen LogP contribution in [0.1, 0.15) is 31.2 Å². The molecular weight excluding hydrogens is 423 g/mol. The Bertz CT molecular complexity index is 1400. The van der Waals surface area contributed by atoms with Gasteiger partial charge in [0.25, 0.3) is 0 Å². The minimum absolute atomic E-state index is 0.181. The summed E-state index contributed by atoms with van der Waals surface area (Å²) in [4.78, 5) is 24.1. The lowest BCUT2D eigenvalue weighted by molar-refractivity contribution is -0.148. The molecule has 3 N–H and O–H groups in total. The zero-order valence-electron chi connectivity index (χ0n) is 17.8. The van der Waals surface area contributed by atoms with Crippen molar-refractivity contribution in [2.75, 3.05) is 5.32 Å². The third kappa shape index (κ3) is 3.18. The zero-order valence-corrected chi connectivity index (χ0v) is 17.8. The lowest BCUT2D eigenvalue weighted by atomic mass is 9.61. The van der Waals surface area contributed by atoms with E-state index >= 15 is 0 Å². The van der Waals surface area contributed by atoms with Crippen molar-refractivity contribution in [3.05, 3.63) is 48.7 Å². The van der Waals surface area contributed by atoms with Crippen molar-refractivity contribution in [1.29, 1.82) is 0 Å². The number of aliphatic carboxylic acids is 1. The highest BCUT2D eigenvalue weighted by Gasteiger charge is 2.47. The molecule has 4 aromatic heterocycles. The van der Waals surface area contributed by atoms with E-state index in [1.165, 1.54) is 6.07 Å². The quantitative estimate of drug-likeness (QED) is 0.421. The molecule has 0 spiro atoms. The van der Waals surface area contributed by atoms with Crippen LogP contribution in [0, 0.1) is 23.6 Å². The predicted molar refractivity (Wildman–Crippen MR) is 122 cm³/mol. The lowest BCUT2D eigenvalue weighted by Crippen LogP contribution is -2.51. The Morgan fingerprint density at radius 3 is 2.82 bits per heavy atom. The molecule has 3 fully saturated rings. The smallest absolute Gasteiger partial charge is 0.308 e. The maximum Gasteiger partial charge on any atom is 0.308 e. The molecule has 8 nitrogen and oxygen atoms in total. The first-order chi connectivity index (χ1) is 16.0. The fourth-order valence-corrected chi connectivity index (χ4v) is 5.68. The minimum atomic E-state index is -0.757. The van der Waals surface area contributed by atoms with Crippen molar-refractivity contribution in [2.24, 2.45) is 17.8 Å². The average Bonchev–Trinajstić information content (AvgIpc) is 3.43. The van der Waals surface area contributed by atoms with E-state index in [9.17, 15) is 14.3 Å². The van der Waals surface area contributed by atoms with Crippen molar-refractivity contribution >= 4 is 34.4 Å². The number of aromatic amines is 1. The van der Waals surface area contributed by atoms with Gasteiger partial charge >= 0.3 is 5.97 Å². The first-order valence-corrected chi connectivity index (χ1v) is 11.2. The molecule has 4 aromatic rings. The molecule has 0 unspecified atom stereocenters. The van der Waals surface area contributed by atoms with Gasteiger partial charge in [-0.05, 0) is 55.2 Å². The number of hydrogen-bond donors (Lipinski definition) is 3. The molecule has 0 aromatic carbocycles. The van der Waals surface area contributed by atoms with Gasteiger partial charge in [-0.25, -0.2) is 18.9 Å². The summed E-state index contributed by atoms with van der Waals surface area (Å²) in [6, 6.07) is 3.12. The number of carboxylic acids is 1. The fraction of sp³-hybridized carbons (Fsp3) is 0.333. The molecule has 3 aliphatic rings. The summed E-state index contributed by atoms with van der Waals surface area (Å²) in [5, 5.41) is 18.7. The van der Waals surface area contributed by atoms with Gasteiger partial charge in [-0.3, -0.25) is 4.79 Å². The predicted octanol–water partition coefficient (Wildman–Crippen LogP) is 4.36. The van der Waals surface area contributed by atoms with Gasteiger partial charge in [0.15, 0.2) is 11.6 Å². The third-order valence-electron chi connectivity index (χ3n) is 7.27. The van der Waals surface area contributed by atoms with Crippen LogP contribution in [0.15, 0.2) is 37.3 Å². The Kier molecular flexibility index (Phi) is 4.46. The Labute approximate surface area is 188 Å². The van der Waals surface area contributed by atoms with Gasteiger partial charge in [0.2, 0.25) is 0 Å². The summed E-state index contributed by atoms with van der Waals surface area (Å²) in [7, 11) is 0. The molecule has 3 saturated carbocycles. The summed E-state index contributed by atoms with van der Waals surface area (Å²) in [6.45, 7) is 3.85. The van der Waals surface area contributed by atoms with E-state index in [0.717, 1.165) is 43.0 Å². The number of carbonyl (C=O) groups is 1. The number of fused-ring (bicyclic) bond motifs is 5. The third-order valence-corrected chi connectivity index (χ3v) is 7.27. The Balaban J connectivity index is 1.49. The number of halogens is 1. The number of H-pyrrole nitrogens is 1. The largest absolute Gasteiger partial charge is 0.481 e. The van der Waals surface area contributed by atoms with Crippen molar-refractivity contribution in [2.45, 2.75) is 31.7 Å². The number of anilines is 1. The summed E-state index contributed by atoms with van der Waals surface area (Å²) in [6.07, 6.45) is 10.4. The Morgan fingerprint density at radius 2 is 2.06 bits per heavy atom. The number of hydrogen-bond acceptors (Lipinski definition) is 5. The summed E-state index contributed by atoms with van der Waals surface area (Å²) in [5.74, 6) is -0.224. The molecule has 168 valence electrons. The molecule has 0 radical (unpaired) electrons. The van der Waals surface area contributed by atoms with E-state index in [-0.39, 0.29) is 17.9 Å². The van der Waals surface area contributed by atoms with E-state index in [2.05, 4.69) is 27.0 Å². The van der Waals surface area contributed by atoms with Crippen LogP contribution in [0.25, 0.3) is 34.0 Å². The van der Waals surface area contributed by atoms with Gasteiger partial charge in [0.05, 0.1) is 12.1 Å². The second-order valence-corrected chi connectivity index (χ2v) is 9.05. The van der Waals surface area contributed by atoms with Gasteiger partial charge in [0.1, 0.15) is 17.0 Å². The number of aromatic nitrogens is 5. The minimum Gasteiger partial charge on any atom is -0.481 e. The van der Waals surface area contributed by atoms with E-state index in [4.69, 9.17) is 4.98 Å². The van der Waals surface area contributed by atoms with Crippen LogP contribution in [0.2, 0.25) is 0 Å². The molecule has 3 aliphatic carbocycles. The maximum atomic E-state index is 13.9. The number of carboxylic acid groups (broad SMARTS) is 1. The van der Waals surface area contributed by atoms with Crippen LogP contribution in [0.3, 0.4) is 0 Å². The topological polar surface area (TPSA) is 108 Å². The maximum absolute atomic E-state index is 13.9. The molecule has 9 heteroatoms. The van der Waals surface area contributed by atoms with Crippen LogP contribution < -0.4 is 5.32 Å². The monoisotopic (exact) mass is 446 g/mol. The fourth-order valence-electron chi connectivity index (χ4n) is 5.68. The van der Waals surface area contributed by atoms with Crippen LogP contribution in [-0.4, -0.2) is 41.7 Å². The number of pyridine rings is 1.